The normalized spacial score (nSPS) is 13.5. The van der Waals surface area contributed by atoms with E-state index in [-0.39, 0.29) is 17.1 Å². The maximum absolute atomic E-state index is 14.3. The van der Waals surface area contributed by atoms with Crippen molar-refractivity contribution in [3.63, 3.8) is 0 Å². The maximum atomic E-state index is 14.3. The summed E-state index contributed by atoms with van der Waals surface area (Å²) in [5.41, 5.74) is 2.03. The topological polar surface area (TPSA) is 29.0 Å². The van der Waals surface area contributed by atoms with Gasteiger partial charge in [-0.1, -0.05) is 35.0 Å². The zero-order valence-corrected chi connectivity index (χ0v) is 17.9. The number of benzene rings is 2. The van der Waals surface area contributed by atoms with Gasteiger partial charge in [-0.2, -0.15) is 0 Å². The smallest absolute Gasteiger partial charge is 0.152 e. The Balaban J connectivity index is 1.65. The highest BCUT2D eigenvalue weighted by Crippen LogP contribution is 2.34. The van der Waals surface area contributed by atoms with E-state index in [0.717, 1.165) is 46.2 Å². The van der Waals surface area contributed by atoms with Gasteiger partial charge in [0.25, 0.3) is 0 Å². The van der Waals surface area contributed by atoms with E-state index in [1.807, 2.05) is 30.0 Å². The number of halogens is 4. The van der Waals surface area contributed by atoms with Crippen LogP contribution in [-0.2, 0) is 13.0 Å². The highest BCUT2D eigenvalue weighted by Gasteiger charge is 2.23. The molecule has 4 rings (SSSR count). The molecular formula is C21H17Cl2F2N3S. The van der Waals surface area contributed by atoms with E-state index in [4.69, 9.17) is 28.2 Å². The molecule has 2 aromatic carbocycles. The minimum absolute atomic E-state index is 0.132. The van der Waals surface area contributed by atoms with Crippen molar-refractivity contribution >= 4 is 40.8 Å². The number of aromatic nitrogens is 2. The van der Waals surface area contributed by atoms with Crippen LogP contribution in [0.5, 0.6) is 0 Å². The Kier molecular flexibility index (Phi) is 5.95. The first-order chi connectivity index (χ1) is 13.9. The highest BCUT2D eigenvalue weighted by molar-refractivity contribution is 7.99. The van der Waals surface area contributed by atoms with Gasteiger partial charge in [0.1, 0.15) is 16.7 Å². The van der Waals surface area contributed by atoms with Crippen molar-refractivity contribution in [2.75, 3.05) is 11.4 Å². The Morgan fingerprint density at radius 2 is 1.93 bits per heavy atom. The molecule has 8 heteroatoms. The summed E-state index contributed by atoms with van der Waals surface area (Å²) in [5.74, 6) is -0.472. The number of aryl methyl sites for hydroxylation is 2. The van der Waals surface area contributed by atoms with Gasteiger partial charge in [0, 0.05) is 28.6 Å². The third-order valence-corrected chi connectivity index (χ3v) is 6.51. The summed E-state index contributed by atoms with van der Waals surface area (Å²) in [6.45, 7) is 2.79. The largest absolute Gasteiger partial charge is 0.351 e. The van der Waals surface area contributed by atoms with E-state index in [2.05, 4.69) is 4.98 Å². The molecule has 0 bridgehead atoms. The summed E-state index contributed by atoms with van der Waals surface area (Å²) in [5, 5.41) is 1.22. The fourth-order valence-corrected chi connectivity index (χ4v) is 4.57. The number of hydrogen-bond acceptors (Lipinski definition) is 4. The van der Waals surface area contributed by atoms with Gasteiger partial charge in [-0.3, -0.25) is 4.98 Å². The van der Waals surface area contributed by atoms with Crippen molar-refractivity contribution in [2.45, 2.75) is 36.2 Å². The van der Waals surface area contributed by atoms with Crippen LogP contribution in [-0.4, -0.2) is 16.5 Å². The molecule has 2 heterocycles. The molecule has 29 heavy (non-hydrogen) atoms. The van der Waals surface area contributed by atoms with Crippen LogP contribution in [0.25, 0.3) is 0 Å². The van der Waals surface area contributed by atoms with Crippen LogP contribution in [0.15, 0.2) is 46.5 Å². The van der Waals surface area contributed by atoms with Gasteiger partial charge in [0.15, 0.2) is 5.82 Å². The van der Waals surface area contributed by atoms with Crippen LogP contribution < -0.4 is 4.90 Å². The summed E-state index contributed by atoms with van der Waals surface area (Å²) < 4.78 is 28.1. The first kappa shape index (κ1) is 20.4. The average Bonchev–Trinajstić information content (AvgIpc) is 2.70. The molecule has 1 aliphatic rings. The SMILES string of the molecule is Cc1cc(Cl)ccc1Sc1cnc2c(n1)N(Cc1c(F)ccc(F)c1Cl)CCC2. The average molecular weight is 452 g/mol. The van der Waals surface area contributed by atoms with Crippen LogP contribution in [0, 0.1) is 18.6 Å². The Morgan fingerprint density at radius 1 is 1.14 bits per heavy atom. The number of anilines is 1. The molecule has 0 atom stereocenters. The first-order valence-corrected chi connectivity index (χ1v) is 10.7. The van der Waals surface area contributed by atoms with Crippen molar-refractivity contribution < 1.29 is 8.78 Å². The maximum Gasteiger partial charge on any atom is 0.152 e. The van der Waals surface area contributed by atoms with Gasteiger partial charge in [0.2, 0.25) is 0 Å². The summed E-state index contributed by atoms with van der Waals surface area (Å²) in [7, 11) is 0. The zero-order chi connectivity index (χ0) is 20.5. The van der Waals surface area contributed by atoms with Crippen LogP contribution in [0.4, 0.5) is 14.6 Å². The third kappa shape index (κ3) is 4.34. The quantitative estimate of drug-likeness (QED) is 0.424. The summed E-state index contributed by atoms with van der Waals surface area (Å²) in [6.07, 6.45) is 3.40. The van der Waals surface area contributed by atoms with Crippen molar-refractivity contribution in [1.29, 1.82) is 0 Å². The number of nitrogens with zero attached hydrogens (tertiary/aromatic N) is 3. The molecule has 1 aliphatic heterocycles. The van der Waals surface area contributed by atoms with Crippen LogP contribution in [0.2, 0.25) is 10.0 Å². The standard InChI is InChI=1S/C21H17Cl2F2N3S/c1-12-9-13(22)4-7-18(12)29-19-10-26-17-3-2-8-28(21(17)27-19)11-14-15(24)5-6-16(25)20(14)23/h4-7,9-10H,2-3,8,11H2,1H3. The molecule has 0 saturated carbocycles. The fourth-order valence-electron chi connectivity index (χ4n) is 3.31. The van der Waals surface area contributed by atoms with Gasteiger partial charge in [-0.05, 0) is 55.7 Å². The molecule has 0 spiro atoms. The summed E-state index contributed by atoms with van der Waals surface area (Å²) >= 11 is 13.6. The Labute approximate surface area is 182 Å². The number of rotatable bonds is 4. The van der Waals surface area contributed by atoms with E-state index in [1.54, 1.807) is 6.20 Å². The second kappa shape index (κ2) is 8.46. The van der Waals surface area contributed by atoms with Crippen LogP contribution in [0.1, 0.15) is 23.2 Å². The van der Waals surface area contributed by atoms with Crippen molar-refractivity contribution in [3.8, 4) is 0 Å². The lowest BCUT2D eigenvalue weighted by Crippen LogP contribution is -2.31. The molecule has 3 nitrogen and oxygen atoms in total. The van der Waals surface area contributed by atoms with Gasteiger partial charge < -0.3 is 4.90 Å². The predicted octanol–water partition coefficient (Wildman–Crippen LogP) is 6.47. The molecule has 1 aromatic heterocycles. The lowest BCUT2D eigenvalue weighted by atomic mass is 10.1. The predicted molar refractivity (Wildman–Crippen MR) is 113 cm³/mol. The minimum atomic E-state index is -0.631. The molecule has 0 fully saturated rings. The van der Waals surface area contributed by atoms with Gasteiger partial charge >= 0.3 is 0 Å². The Hall–Kier alpha value is -1.89. The molecule has 0 N–H and O–H groups in total. The lowest BCUT2D eigenvalue weighted by Gasteiger charge is -2.30. The second-order valence-corrected chi connectivity index (χ2v) is 8.71. The van der Waals surface area contributed by atoms with Gasteiger partial charge in [-0.25, -0.2) is 13.8 Å². The Bertz CT molecular complexity index is 1080. The molecule has 0 saturated heterocycles. The molecule has 0 amide bonds. The van der Waals surface area contributed by atoms with Crippen molar-refractivity contribution in [3.05, 3.63) is 75.0 Å². The molecular weight excluding hydrogens is 435 g/mol. The molecule has 0 radical (unpaired) electrons. The van der Waals surface area contributed by atoms with E-state index in [9.17, 15) is 8.78 Å². The summed E-state index contributed by atoms with van der Waals surface area (Å²) in [6, 6.07) is 7.82. The van der Waals surface area contributed by atoms with Crippen LogP contribution in [0.3, 0.4) is 0 Å². The zero-order valence-electron chi connectivity index (χ0n) is 15.6. The van der Waals surface area contributed by atoms with E-state index in [1.165, 1.54) is 11.8 Å². The second-order valence-electron chi connectivity index (χ2n) is 6.84. The number of fused-ring (bicyclic) bond motifs is 1. The van der Waals surface area contributed by atoms with Crippen molar-refractivity contribution in [1.82, 2.24) is 9.97 Å². The van der Waals surface area contributed by atoms with Gasteiger partial charge in [0.05, 0.1) is 16.9 Å². The monoisotopic (exact) mass is 451 g/mol. The first-order valence-electron chi connectivity index (χ1n) is 9.09. The molecule has 0 unspecified atom stereocenters. The molecule has 0 aliphatic carbocycles. The Morgan fingerprint density at radius 3 is 2.72 bits per heavy atom. The van der Waals surface area contributed by atoms with E-state index >= 15 is 0 Å². The van der Waals surface area contributed by atoms with Gasteiger partial charge in [-0.15, -0.1) is 0 Å². The highest BCUT2D eigenvalue weighted by atomic mass is 35.5. The minimum Gasteiger partial charge on any atom is -0.351 e. The number of hydrogen-bond donors (Lipinski definition) is 0. The van der Waals surface area contributed by atoms with Crippen LogP contribution >= 0.6 is 35.0 Å². The molecule has 3 aromatic rings. The lowest BCUT2D eigenvalue weighted by molar-refractivity contribution is 0.574. The molecule has 150 valence electrons. The van der Waals surface area contributed by atoms with E-state index < -0.39 is 11.6 Å². The third-order valence-electron chi connectivity index (χ3n) is 4.79. The van der Waals surface area contributed by atoms with E-state index in [0.29, 0.717) is 17.4 Å². The summed E-state index contributed by atoms with van der Waals surface area (Å²) in [4.78, 5) is 12.3. The van der Waals surface area contributed by atoms with Crippen molar-refractivity contribution in [2.24, 2.45) is 0 Å². The fraction of sp³-hybridized carbons (Fsp3) is 0.238.